The van der Waals surface area contributed by atoms with E-state index in [1.165, 1.54) is 12.1 Å². The molecule has 0 heterocycles. The second-order valence-corrected chi connectivity index (χ2v) is 6.40. The molecular weight excluding hydrogens is 294 g/mol. The van der Waals surface area contributed by atoms with Gasteiger partial charge in [-0.15, -0.1) is 0 Å². The molecule has 0 spiro atoms. The molecule has 118 valence electrons. The fourth-order valence-electron chi connectivity index (χ4n) is 1.87. The van der Waals surface area contributed by atoms with Crippen LogP contribution < -0.4 is 9.46 Å². The lowest BCUT2D eigenvalue weighted by Gasteiger charge is -2.16. The van der Waals surface area contributed by atoms with Gasteiger partial charge in [0.2, 0.25) is 10.0 Å². The molecule has 7 heteroatoms. The summed E-state index contributed by atoms with van der Waals surface area (Å²) in [4.78, 5) is 10.8. The molecule has 1 atom stereocenters. The molecule has 0 aliphatic rings. The molecule has 1 aromatic rings. The summed E-state index contributed by atoms with van der Waals surface area (Å²) >= 11 is 0. The summed E-state index contributed by atoms with van der Waals surface area (Å²) in [5.74, 6) is -0.401. The number of sulfonamides is 1. The van der Waals surface area contributed by atoms with Crippen molar-refractivity contribution in [2.45, 2.75) is 44.6 Å². The number of carbonyl (C=O) groups is 1. The van der Waals surface area contributed by atoms with E-state index < -0.39 is 22.0 Å². The van der Waals surface area contributed by atoms with Crippen LogP contribution in [-0.4, -0.2) is 32.1 Å². The Morgan fingerprint density at radius 2 is 2.05 bits per heavy atom. The minimum absolute atomic E-state index is 0.104. The smallest absolute Gasteiger partial charge is 0.304 e. The van der Waals surface area contributed by atoms with Crippen molar-refractivity contribution in [3.63, 3.8) is 0 Å². The maximum Gasteiger partial charge on any atom is 0.304 e. The number of aliphatic carboxylic acids is 1. The minimum atomic E-state index is -3.74. The van der Waals surface area contributed by atoms with Gasteiger partial charge in [0.25, 0.3) is 0 Å². The number of aryl methyl sites for hydroxylation is 1. The molecule has 0 aliphatic heterocycles. The molecule has 0 bridgehead atoms. The number of nitrogens with one attached hydrogen (secondary N) is 1. The molecule has 1 aromatic carbocycles. The SMILES string of the molecule is CCOc1ccc(S(=O)(=O)NC(CC)CC(=O)O)cc1C. The molecule has 1 rings (SSSR count). The largest absolute Gasteiger partial charge is 0.494 e. The first-order chi connectivity index (χ1) is 9.80. The van der Waals surface area contributed by atoms with E-state index >= 15 is 0 Å². The number of hydrogen-bond acceptors (Lipinski definition) is 4. The summed E-state index contributed by atoms with van der Waals surface area (Å²) in [6.07, 6.45) is 0.160. The van der Waals surface area contributed by atoms with Crippen molar-refractivity contribution < 1.29 is 23.1 Å². The summed E-state index contributed by atoms with van der Waals surface area (Å²) in [6, 6.07) is 3.94. The third-order valence-corrected chi connectivity index (χ3v) is 4.51. The highest BCUT2D eigenvalue weighted by Gasteiger charge is 2.21. The average Bonchev–Trinajstić information content (AvgIpc) is 2.39. The zero-order chi connectivity index (χ0) is 16.0. The van der Waals surface area contributed by atoms with Crippen LogP contribution >= 0.6 is 0 Å². The average molecular weight is 315 g/mol. The van der Waals surface area contributed by atoms with Gasteiger partial charge in [0.05, 0.1) is 17.9 Å². The Morgan fingerprint density at radius 1 is 1.38 bits per heavy atom. The maximum absolute atomic E-state index is 12.3. The Bertz CT molecular complexity index is 597. The number of hydrogen-bond donors (Lipinski definition) is 2. The standard InChI is InChI=1S/C14H21NO5S/c1-4-11(9-14(16)17)15-21(18,19)12-6-7-13(20-5-2)10(3)8-12/h6-8,11,15H,4-5,9H2,1-3H3,(H,16,17). The van der Waals surface area contributed by atoms with Crippen LogP contribution in [-0.2, 0) is 14.8 Å². The van der Waals surface area contributed by atoms with Crippen molar-refractivity contribution in [2.75, 3.05) is 6.61 Å². The van der Waals surface area contributed by atoms with E-state index in [4.69, 9.17) is 9.84 Å². The third kappa shape index (κ3) is 5.02. The minimum Gasteiger partial charge on any atom is -0.494 e. The lowest BCUT2D eigenvalue weighted by molar-refractivity contribution is -0.137. The van der Waals surface area contributed by atoms with Gasteiger partial charge in [-0.1, -0.05) is 6.92 Å². The molecular formula is C14H21NO5S. The zero-order valence-electron chi connectivity index (χ0n) is 12.4. The zero-order valence-corrected chi connectivity index (χ0v) is 13.2. The first-order valence-corrected chi connectivity index (χ1v) is 8.26. The quantitative estimate of drug-likeness (QED) is 0.764. The van der Waals surface area contributed by atoms with Gasteiger partial charge in [-0.2, -0.15) is 0 Å². The summed E-state index contributed by atoms with van der Waals surface area (Å²) in [6.45, 7) is 5.85. The van der Waals surface area contributed by atoms with Gasteiger partial charge in [-0.05, 0) is 44.0 Å². The van der Waals surface area contributed by atoms with Crippen molar-refractivity contribution in [3.8, 4) is 5.75 Å². The Hall–Kier alpha value is -1.60. The van der Waals surface area contributed by atoms with Crippen LogP contribution in [0.15, 0.2) is 23.1 Å². The molecule has 0 saturated heterocycles. The van der Waals surface area contributed by atoms with E-state index in [1.54, 1.807) is 19.9 Å². The molecule has 0 aromatic heterocycles. The predicted octanol–water partition coefficient (Wildman–Crippen LogP) is 1.93. The molecule has 0 fully saturated rings. The van der Waals surface area contributed by atoms with Crippen molar-refractivity contribution in [2.24, 2.45) is 0 Å². The van der Waals surface area contributed by atoms with E-state index in [9.17, 15) is 13.2 Å². The number of carboxylic acid groups (broad SMARTS) is 1. The molecule has 21 heavy (non-hydrogen) atoms. The van der Waals surface area contributed by atoms with Crippen LogP contribution in [0.3, 0.4) is 0 Å². The van der Waals surface area contributed by atoms with Gasteiger partial charge in [0, 0.05) is 6.04 Å². The molecule has 0 aliphatic carbocycles. The van der Waals surface area contributed by atoms with E-state index in [2.05, 4.69) is 4.72 Å². The van der Waals surface area contributed by atoms with Crippen LogP contribution in [0.2, 0.25) is 0 Å². The first-order valence-electron chi connectivity index (χ1n) is 6.77. The van der Waals surface area contributed by atoms with Gasteiger partial charge in [0.1, 0.15) is 5.75 Å². The highest BCUT2D eigenvalue weighted by Crippen LogP contribution is 2.22. The molecule has 0 saturated carbocycles. The fourth-order valence-corrected chi connectivity index (χ4v) is 3.28. The Balaban J connectivity index is 2.97. The van der Waals surface area contributed by atoms with Crippen LogP contribution in [0.4, 0.5) is 0 Å². The fraction of sp³-hybridized carbons (Fsp3) is 0.500. The van der Waals surface area contributed by atoms with Crippen molar-refractivity contribution >= 4 is 16.0 Å². The monoisotopic (exact) mass is 315 g/mol. The van der Waals surface area contributed by atoms with Gasteiger partial charge in [-0.3, -0.25) is 4.79 Å². The highest BCUT2D eigenvalue weighted by molar-refractivity contribution is 7.89. The Labute approximate surface area is 125 Å². The van der Waals surface area contributed by atoms with Crippen LogP contribution in [0.25, 0.3) is 0 Å². The molecule has 0 amide bonds. The number of ether oxygens (including phenoxy) is 1. The molecule has 0 radical (unpaired) electrons. The number of benzene rings is 1. The van der Waals surface area contributed by atoms with Crippen molar-refractivity contribution in [1.29, 1.82) is 0 Å². The second kappa shape index (κ2) is 7.42. The number of carboxylic acids is 1. The summed E-state index contributed by atoms with van der Waals surface area (Å²) < 4.78 is 32.3. The third-order valence-electron chi connectivity index (χ3n) is 2.99. The second-order valence-electron chi connectivity index (χ2n) is 4.68. The highest BCUT2D eigenvalue weighted by atomic mass is 32.2. The predicted molar refractivity (Wildman–Crippen MR) is 79.0 cm³/mol. The van der Waals surface area contributed by atoms with Gasteiger partial charge in [0.15, 0.2) is 0 Å². The maximum atomic E-state index is 12.3. The van der Waals surface area contributed by atoms with E-state index in [0.29, 0.717) is 24.3 Å². The first kappa shape index (κ1) is 17.5. The molecule has 2 N–H and O–H groups in total. The van der Waals surface area contributed by atoms with Crippen LogP contribution in [0.1, 0.15) is 32.3 Å². The number of rotatable bonds is 8. The van der Waals surface area contributed by atoms with Gasteiger partial charge in [-0.25, -0.2) is 13.1 Å². The normalized spacial score (nSPS) is 12.9. The van der Waals surface area contributed by atoms with Crippen LogP contribution in [0.5, 0.6) is 5.75 Å². The summed E-state index contributed by atoms with van der Waals surface area (Å²) in [5.41, 5.74) is 0.714. The molecule has 1 unspecified atom stereocenters. The summed E-state index contributed by atoms with van der Waals surface area (Å²) in [5, 5.41) is 8.77. The lowest BCUT2D eigenvalue weighted by Crippen LogP contribution is -2.36. The van der Waals surface area contributed by atoms with Crippen molar-refractivity contribution in [1.82, 2.24) is 4.72 Å². The van der Waals surface area contributed by atoms with Gasteiger partial charge < -0.3 is 9.84 Å². The van der Waals surface area contributed by atoms with E-state index in [1.807, 2.05) is 6.92 Å². The molecule has 6 nitrogen and oxygen atoms in total. The van der Waals surface area contributed by atoms with E-state index in [-0.39, 0.29) is 11.3 Å². The van der Waals surface area contributed by atoms with Crippen molar-refractivity contribution in [3.05, 3.63) is 23.8 Å². The summed E-state index contributed by atoms with van der Waals surface area (Å²) in [7, 11) is -3.74. The van der Waals surface area contributed by atoms with E-state index in [0.717, 1.165) is 0 Å². The Kier molecular flexibility index (Phi) is 6.17. The topological polar surface area (TPSA) is 92.7 Å². The Morgan fingerprint density at radius 3 is 2.52 bits per heavy atom. The lowest BCUT2D eigenvalue weighted by atomic mass is 10.2. The van der Waals surface area contributed by atoms with Gasteiger partial charge >= 0.3 is 5.97 Å². The van der Waals surface area contributed by atoms with Crippen LogP contribution in [0, 0.1) is 6.92 Å².